The van der Waals surface area contributed by atoms with Gasteiger partial charge in [0.05, 0.1) is 54.0 Å². The topological polar surface area (TPSA) is 351 Å². The Labute approximate surface area is 354 Å². The Bertz CT molecular complexity index is 1260. The van der Waals surface area contributed by atoms with E-state index in [0.29, 0.717) is 0 Å². The Morgan fingerprint density at radius 1 is 0.344 bits per heavy atom. The van der Waals surface area contributed by atoms with Crippen molar-refractivity contribution >= 4 is 41.8 Å². The highest BCUT2D eigenvalue weighted by atomic mass is 16.4. The highest BCUT2D eigenvalue weighted by Gasteiger charge is 2.24. The molecule has 25 nitrogen and oxygen atoms in total. The van der Waals surface area contributed by atoms with Gasteiger partial charge >= 0.3 is 0 Å². The highest BCUT2D eigenvalue weighted by Crippen LogP contribution is 2.07. The van der Waals surface area contributed by atoms with Crippen molar-refractivity contribution in [3.05, 3.63) is 0 Å². The second-order valence-corrected chi connectivity index (χ2v) is 15.4. The first kappa shape index (κ1) is 53.0. The van der Waals surface area contributed by atoms with Crippen molar-refractivity contribution in [3.63, 3.8) is 0 Å². The number of hydrogen-bond donors (Lipinski definition) is 2. The van der Waals surface area contributed by atoms with Crippen LogP contribution in [0.5, 0.6) is 0 Å². The number of carbonyl (C=O) groups excluding carboxylic acids is 7. The van der Waals surface area contributed by atoms with E-state index in [1.54, 1.807) is 9.80 Å². The van der Waals surface area contributed by atoms with Crippen LogP contribution in [0.25, 0.3) is 0 Å². The standard InChI is InChI=1S/C36H65N9O16/c46-28(17-37-1-5-39(21-30(48)49)9-13-43(25-34(56)57)14-10-40(6-2-37)22-31(50)51)19-45(27-36(60)61)20-29(47)18-38-3-7-41(23-32(52)53)11-15-44(26-35(58)59)16-12-42(8-4-38)24-33(54)55/h28-29,46-47H,1-27H2,(H,48,49)(H,50,51)(H,52,53)(H,54,55)(H,56,57)(H,58,59)(H,60,61)/p-7. The number of aliphatic hydroxyl groups is 2. The van der Waals surface area contributed by atoms with Crippen LogP contribution in [0.2, 0.25) is 0 Å². The van der Waals surface area contributed by atoms with Crippen molar-refractivity contribution in [2.45, 2.75) is 12.2 Å². The molecule has 2 unspecified atom stereocenters. The minimum atomic E-state index is -1.51. The van der Waals surface area contributed by atoms with Crippen LogP contribution in [0.1, 0.15) is 0 Å². The number of nitrogens with zero attached hydrogens (tertiary/aromatic N) is 9. The van der Waals surface area contributed by atoms with Crippen molar-refractivity contribution < 1.29 is 79.5 Å². The summed E-state index contributed by atoms with van der Waals surface area (Å²) in [5.74, 6) is -9.73. The van der Waals surface area contributed by atoms with Gasteiger partial charge in [0.2, 0.25) is 0 Å². The molecule has 0 aliphatic carbocycles. The molecule has 2 N–H and O–H groups in total. The minimum absolute atomic E-state index is 0.0934. The lowest BCUT2D eigenvalue weighted by atomic mass is 10.2. The SMILES string of the molecule is O=C([O-])CN1CCN(CC(=O)[O-])CCN(CC(O)CN(CC(=O)[O-])CC(O)CN2CCN(CC(=O)[O-])CCN(CC(=O)[O-])CCN(CC(=O)[O-])CC2)CCN(CC(=O)[O-])CC1. The lowest BCUT2D eigenvalue weighted by molar-refractivity contribution is -0.308. The average Bonchev–Trinajstić information content (AvgIpc) is 3.12. The van der Waals surface area contributed by atoms with E-state index in [1.807, 2.05) is 0 Å². The maximum atomic E-state index is 11.8. The Morgan fingerprint density at radius 3 is 0.689 bits per heavy atom. The predicted molar refractivity (Wildman–Crippen MR) is 195 cm³/mol. The van der Waals surface area contributed by atoms with Gasteiger partial charge in [-0.1, -0.05) is 0 Å². The van der Waals surface area contributed by atoms with E-state index < -0.39 is 99.8 Å². The maximum absolute atomic E-state index is 11.8. The van der Waals surface area contributed by atoms with E-state index >= 15 is 0 Å². The number of β-amino-alcohol motifs (C(OH)–C–C–N with tert-alkyl or cyclic N) is 2. The molecule has 0 bridgehead atoms. The van der Waals surface area contributed by atoms with Crippen molar-refractivity contribution in [1.29, 1.82) is 0 Å². The van der Waals surface area contributed by atoms with Crippen LogP contribution in [0.3, 0.4) is 0 Å². The van der Waals surface area contributed by atoms with E-state index in [4.69, 9.17) is 0 Å². The Morgan fingerprint density at radius 2 is 0.525 bits per heavy atom. The third-order valence-electron chi connectivity index (χ3n) is 10.2. The van der Waals surface area contributed by atoms with Crippen LogP contribution < -0.4 is 35.7 Å². The molecule has 2 atom stereocenters. The molecule has 2 heterocycles. The lowest BCUT2D eigenvalue weighted by Crippen LogP contribution is -2.53. The Kier molecular flexibility index (Phi) is 24.7. The number of aliphatic hydroxyl groups excluding tert-OH is 2. The summed E-state index contributed by atoms with van der Waals surface area (Å²) in [5, 5.41) is 103. The first-order valence-corrected chi connectivity index (χ1v) is 20.0. The fourth-order valence-corrected chi connectivity index (χ4v) is 7.26. The summed E-state index contributed by atoms with van der Waals surface area (Å²) < 4.78 is 0. The van der Waals surface area contributed by atoms with Crippen molar-refractivity contribution in [2.75, 3.05) is 177 Å². The maximum Gasteiger partial charge on any atom is 0.0793 e. The number of carbonyl (C=O) groups is 7. The van der Waals surface area contributed by atoms with E-state index in [2.05, 4.69) is 0 Å². The third kappa shape index (κ3) is 25.4. The van der Waals surface area contributed by atoms with Gasteiger partial charge in [0.15, 0.2) is 0 Å². The van der Waals surface area contributed by atoms with Gasteiger partial charge in [-0.05, 0) is 0 Å². The van der Waals surface area contributed by atoms with Gasteiger partial charge in [0.25, 0.3) is 0 Å². The lowest BCUT2D eigenvalue weighted by Gasteiger charge is -2.36. The first-order valence-electron chi connectivity index (χ1n) is 20.0. The van der Waals surface area contributed by atoms with Crippen LogP contribution in [-0.4, -0.2) is 285 Å². The summed E-state index contributed by atoms with van der Waals surface area (Å²) in [6, 6.07) is 0. The normalized spacial score (nSPS) is 20.4. The van der Waals surface area contributed by atoms with Gasteiger partial charge in [-0.25, -0.2) is 0 Å². The zero-order valence-electron chi connectivity index (χ0n) is 34.4. The van der Waals surface area contributed by atoms with Crippen LogP contribution in [0, 0.1) is 0 Å². The smallest absolute Gasteiger partial charge is 0.0793 e. The van der Waals surface area contributed by atoms with Gasteiger partial charge in [0.1, 0.15) is 0 Å². The van der Waals surface area contributed by atoms with Gasteiger partial charge < -0.3 is 79.5 Å². The summed E-state index contributed by atoms with van der Waals surface area (Å²) in [4.78, 5) is 94.3. The molecular formula is C36H58N9O16-7. The summed E-state index contributed by atoms with van der Waals surface area (Å²) in [6.07, 6.45) is -2.51. The van der Waals surface area contributed by atoms with Crippen molar-refractivity contribution in [2.24, 2.45) is 0 Å². The molecule has 0 aromatic heterocycles. The van der Waals surface area contributed by atoms with Gasteiger partial charge in [0, 0.05) is 177 Å². The molecule has 2 aliphatic rings. The molecule has 61 heavy (non-hydrogen) atoms. The van der Waals surface area contributed by atoms with E-state index in [-0.39, 0.29) is 131 Å². The van der Waals surface area contributed by atoms with Gasteiger partial charge in [-0.2, -0.15) is 0 Å². The summed E-state index contributed by atoms with van der Waals surface area (Å²) in [7, 11) is 0. The average molecular weight is 873 g/mol. The van der Waals surface area contributed by atoms with Gasteiger partial charge in [-0.3, -0.25) is 44.1 Å². The summed E-state index contributed by atoms with van der Waals surface area (Å²) in [5.41, 5.74) is 0. The first-order chi connectivity index (χ1) is 28.8. The zero-order chi connectivity index (χ0) is 45.5. The molecule has 0 aromatic carbocycles. The minimum Gasteiger partial charge on any atom is -0.549 e. The quantitative estimate of drug-likeness (QED) is 0.102. The monoisotopic (exact) mass is 872 g/mol. The second kappa shape index (κ2) is 28.5. The second-order valence-electron chi connectivity index (χ2n) is 15.4. The van der Waals surface area contributed by atoms with E-state index in [0.717, 1.165) is 0 Å². The molecule has 2 rings (SSSR count). The molecule has 2 fully saturated rings. The molecule has 350 valence electrons. The molecule has 0 radical (unpaired) electrons. The molecular weight excluding hydrogens is 814 g/mol. The largest absolute Gasteiger partial charge is 0.549 e. The number of aliphatic carboxylic acids is 7. The van der Waals surface area contributed by atoms with Crippen molar-refractivity contribution in [3.8, 4) is 0 Å². The fourth-order valence-electron chi connectivity index (χ4n) is 7.26. The van der Waals surface area contributed by atoms with Crippen LogP contribution in [0.4, 0.5) is 0 Å². The number of rotatable bonds is 22. The molecule has 2 aliphatic heterocycles. The van der Waals surface area contributed by atoms with Gasteiger partial charge in [-0.15, -0.1) is 0 Å². The Balaban J connectivity index is 2.20. The molecule has 2 saturated heterocycles. The molecule has 0 saturated carbocycles. The number of hydrogen-bond acceptors (Lipinski definition) is 25. The fraction of sp³-hybridized carbons (Fsp3) is 0.806. The number of carboxylic acids is 7. The third-order valence-corrected chi connectivity index (χ3v) is 10.2. The molecule has 0 spiro atoms. The Hall–Kier alpha value is -4.15. The molecule has 25 heteroatoms. The predicted octanol–water partition coefficient (Wildman–Crippen LogP) is -15.3. The van der Waals surface area contributed by atoms with E-state index in [9.17, 15) is 79.5 Å². The van der Waals surface area contributed by atoms with E-state index in [1.165, 1.54) is 34.3 Å². The van der Waals surface area contributed by atoms with Crippen LogP contribution >= 0.6 is 0 Å². The summed E-state index contributed by atoms with van der Waals surface area (Å²) >= 11 is 0. The number of carboxylic acid groups (broad SMARTS) is 7. The summed E-state index contributed by atoms with van der Waals surface area (Å²) in [6.45, 7) is -2.30. The van der Waals surface area contributed by atoms with Crippen molar-refractivity contribution in [1.82, 2.24) is 44.1 Å². The zero-order valence-corrected chi connectivity index (χ0v) is 34.4. The highest BCUT2D eigenvalue weighted by molar-refractivity contribution is 5.68. The van der Waals surface area contributed by atoms with Crippen LogP contribution in [-0.2, 0) is 33.6 Å². The van der Waals surface area contributed by atoms with Crippen LogP contribution in [0.15, 0.2) is 0 Å². The molecule has 0 amide bonds. The molecule has 0 aromatic rings.